The zero-order chi connectivity index (χ0) is 30.7. The number of anilines is 4. The fraction of sp³-hybridized carbons (Fsp3) is 0.394. The molecule has 11 heteroatoms. The van der Waals surface area contributed by atoms with E-state index in [0.29, 0.717) is 29.2 Å². The molecule has 2 saturated heterocycles. The molecule has 234 valence electrons. The van der Waals surface area contributed by atoms with Gasteiger partial charge in [0.1, 0.15) is 11.5 Å². The minimum atomic E-state index is -0.409. The standard InChI is InChI=1S/C33H42N6O5/c1-42-27-8-5-7-25(23-27)35-33(41)36-26-11-12-29(28(24-26)32(40)34-13-6-14-37-19-21-44-22-20-37)38-15-17-39(18-16-38)30-9-3-4-10-31(30)43-2/h3-5,7-12,23-24H,6,13-22H2,1-2H3,(H,34,40)(H2,35,36,41). The fourth-order valence-electron chi connectivity index (χ4n) is 5.57. The zero-order valence-electron chi connectivity index (χ0n) is 25.5. The zero-order valence-corrected chi connectivity index (χ0v) is 25.5. The van der Waals surface area contributed by atoms with Gasteiger partial charge < -0.3 is 40.0 Å². The lowest BCUT2D eigenvalue weighted by molar-refractivity contribution is 0.0374. The highest BCUT2D eigenvalue weighted by atomic mass is 16.5. The maximum absolute atomic E-state index is 13.6. The molecular weight excluding hydrogens is 560 g/mol. The lowest BCUT2D eigenvalue weighted by atomic mass is 10.1. The van der Waals surface area contributed by atoms with Gasteiger partial charge >= 0.3 is 6.03 Å². The maximum Gasteiger partial charge on any atom is 0.323 e. The van der Waals surface area contributed by atoms with Gasteiger partial charge in [-0.25, -0.2) is 4.79 Å². The molecule has 0 unspecified atom stereocenters. The molecule has 0 bridgehead atoms. The Morgan fingerprint density at radius 3 is 2.20 bits per heavy atom. The SMILES string of the molecule is COc1cccc(NC(=O)Nc2ccc(N3CCN(c4ccccc4OC)CC3)c(C(=O)NCCCN3CCOCC3)c2)c1. The van der Waals surface area contributed by atoms with Crippen LogP contribution in [-0.4, -0.2) is 96.6 Å². The summed E-state index contributed by atoms with van der Waals surface area (Å²) in [7, 11) is 3.27. The highest BCUT2D eigenvalue weighted by Crippen LogP contribution is 2.31. The number of hydrogen-bond acceptors (Lipinski definition) is 8. The number of rotatable bonds is 11. The van der Waals surface area contributed by atoms with Crippen molar-refractivity contribution in [1.29, 1.82) is 0 Å². The van der Waals surface area contributed by atoms with Crippen LogP contribution < -0.4 is 35.2 Å². The predicted octanol–water partition coefficient (Wildman–Crippen LogP) is 4.13. The molecule has 2 heterocycles. The van der Waals surface area contributed by atoms with Crippen molar-refractivity contribution in [3.63, 3.8) is 0 Å². The number of methoxy groups -OCH3 is 2. The summed E-state index contributed by atoms with van der Waals surface area (Å²) < 4.78 is 16.3. The summed E-state index contributed by atoms with van der Waals surface area (Å²) >= 11 is 0. The Bertz CT molecular complexity index is 1400. The fourth-order valence-corrected chi connectivity index (χ4v) is 5.57. The van der Waals surface area contributed by atoms with Crippen LogP contribution in [0.2, 0.25) is 0 Å². The van der Waals surface area contributed by atoms with Crippen LogP contribution in [0, 0.1) is 0 Å². The molecule has 11 nitrogen and oxygen atoms in total. The van der Waals surface area contributed by atoms with Crippen molar-refractivity contribution in [2.24, 2.45) is 0 Å². The van der Waals surface area contributed by atoms with E-state index in [-0.39, 0.29) is 5.91 Å². The number of piperazine rings is 1. The quantitative estimate of drug-likeness (QED) is 0.282. The monoisotopic (exact) mass is 602 g/mol. The van der Waals surface area contributed by atoms with E-state index in [0.717, 1.165) is 82.6 Å². The summed E-state index contributed by atoms with van der Waals surface area (Å²) in [6.07, 6.45) is 0.847. The topological polar surface area (TPSA) is 108 Å². The second kappa shape index (κ2) is 15.3. The second-order valence-electron chi connectivity index (χ2n) is 10.8. The number of nitrogens with zero attached hydrogens (tertiary/aromatic N) is 3. The van der Waals surface area contributed by atoms with E-state index in [9.17, 15) is 9.59 Å². The number of para-hydroxylation sites is 2. The number of morpholine rings is 1. The van der Waals surface area contributed by atoms with Crippen LogP contribution in [0.5, 0.6) is 11.5 Å². The number of carbonyl (C=O) groups excluding carboxylic acids is 2. The van der Waals surface area contributed by atoms with E-state index in [4.69, 9.17) is 14.2 Å². The maximum atomic E-state index is 13.6. The molecule has 2 fully saturated rings. The van der Waals surface area contributed by atoms with Crippen molar-refractivity contribution in [3.05, 3.63) is 72.3 Å². The summed E-state index contributed by atoms with van der Waals surface area (Å²) in [5, 5.41) is 8.81. The van der Waals surface area contributed by atoms with Crippen LogP contribution in [0.1, 0.15) is 16.8 Å². The smallest absolute Gasteiger partial charge is 0.323 e. The molecule has 3 aromatic carbocycles. The summed E-state index contributed by atoms with van der Waals surface area (Å²) in [4.78, 5) is 33.3. The van der Waals surface area contributed by atoms with Crippen molar-refractivity contribution < 1.29 is 23.8 Å². The van der Waals surface area contributed by atoms with Crippen LogP contribution in [0.15, 0.2) is 66.7 Å². The number of hydrogen-bond donors (Lipinski definition) is 3. The third kappa shape index (κ3) is 8.12. The Kier molecular flexibility index (Phi) is 10.8. The number of nitrogens with one attached hydrogen (secondary N) is 3. The van der Waals surface area contributed by atoms with Crippen LogP contribution in [0.3, 0.4) is 0 Å². The van der Waals surface area contributed by atoms with Gasteiger partial charge in [-0.05, 0) is 55.4 Å². The van der Waals surface area contributed by atoms with Crippen LogP contribution in [-0.2, 0) is 4.74 Å². The number of amides is 3. The Morgan fingerprint density at radius 2 is 1.48 bits per heavy atom. The van der Waals surface area contributed by atoms with Gasteiger partial charge in [-0.3, -0.25) is 9.69 Å². The molecule has 3 N–H and O–H groups in total. The number of benzene rings is 3. The molecule has 0 atom stereocenters. The molecule has 3 aromatic rings. The first-order chi connectivity index (χ1) is 21.5. The van der Waals surface area contributed by atoms with E-state index in [1.54, 1.807) is 38.5 Å². The van der Waals surface area contributed by atoms with Crippen molar-refractivity contribution in [3.8, 4) is 11.5 Å². The summed E-state index contributed by atoms with van der Waals surface area (Å²) in [6.45, 7) is 7.86. The molecule has 0 aromatic heterocycles. The third-order valence-corrected chi connectivity index (χ3v) is 7.91. The molecule has 0 radical (unpaired) electrons. The Hall–Kier alpha value is -4.48. The van der Waals surface area contributed by atoms with Gasteiger partial charge in [0, 0.05) is 68.9 Å². The van der Waals surface area contributed by atoms with E-state index >= 15 is 0 Å². The first kappa shape index (κ1) is 31.0. The highest BCUT2D eigenvalue weighted by molar-refractivity contribution is 6.04. The molecule has 0 saturated carbocycles. The van der Waals surface area contributed by atoms with Gasteiger partial charge in [0.25, 0.3) is 5.91 Å². The molecule has 44 heavy (non-hydrogen) atoms. The Morgan fingerprint density at radius 1 is 0.773 bits per heavy atom. The van der Waals surface area contributed by atoms with Crippen LogP contribution >= 0.6 is 0 Å². The largest absolute Gasteiger partial charge is 0.497 e. The van der Waals surface area contributed by atoms with Gasteiger partial charge in [0.15, 0.2) is 0 Å². The lowest BCUT2D eigenvalue weighted by Crippen LogP contribution is -2.47. The van der Waals surface area contributed by atoms with E-state index < -0.39 is 6.03 Å². The van der Waals surface area contributed by atoms with E-state index in [1.165, 1.54) is 0 Å². The van der Waals surface area contributed by atoms with Gasteiger partial charge in [-0.15, -0.1) is 0 Å². The minimum Gasteiger partial charge on any atom is -0.497 e. The van der Waals surface area contributed by atoms with E-state index in [2.05, 4.69) is 36.7 Å². The molecule has 0 spiro atoms. The van der Waals surface area contributed by atoms with Gasteiger partial charge in [-0.1, -0.05) is 18.2 Å². The predicted molar refractivity (Wildman–Crippen MR) is 174 cm³/mol. The number of carbonyl (C=O) groups is 2. The average molecular weight is 603 g/mol. The first-order valence-corrected chi connectivity index (χ1v) is 15.1. The first-order valence-electron chi connectivity index (χ1n) is 15.1. The van der Waals surface area contributed by atoms with Gasteiger partial charge in [0.2, 0.25) is 0 Å². The van der Waals surface area contributed by atoms with Crippen LogP contribution in [0.4, 0.5) is 27.5 Å². The van der Waals surface area contributed by atoms with Gasteiger partial charge in [0.05, 0.1) is 38.7 Å². The van der Waals surface area contributed by atoms with Crippen molar-refractivity contribution >= 4 is 34.7 Å². The normalized spacial score (nSPS) is 15.4. The van der Waals surface area contributed by atoms with Crippen molar-refractivity contribution in [2.75, 3.05) is 100 Å². The summed E-state index contributed by atoms with van der Waals surface area (Å²) in [6, 6.07) is 20.3. The summed E-state index contributed by atoms with van der Waals surface area (Å²) in [5.41, 5.74) is 3.56. The highest BCUT2D eigenvalue weighted by Gasteiger charge is 2.24. The summed E-state index contributed by atoms with van der Waals surface area (Å²) in [5.74, 6) is 1.33. The molecule has 0 aliphatic carbocycles. The molecule has 3 amide bonds. The molecule has 2 aliphatic heterocycles. The average Bonchev–Trinajstić information content (AvgIpc) is 3.07. The van der Waals surface area contributed by atoms with Crippen LogP contribution in [0.25, 0.3) is 0 Å². The minimum absolute atomic E-state index is 0.161. The number of ether oxygens (including phenoxy) is 3. The van der Waals surface area contributed by atoms with Crippen molar-refractivity contribution in [1.82, 2.24) is 10.2 Å². The van der Waals surface area contributed by atoms with Crippen molar-refractivity contribution in [2.45, 2.75) is 6.42 Å². The molecular formula is C33H42N6O5. The number of urea groups is 1. The third-order valence-electron chi connectivity index (χ3n) is 7.91. The Balaban J connectivity index is 1.27. The van der Waals surface area contributed by atoms with E-state index in [1.807, 2.05) is 36.4 Å². The molecule has 5 rings (SSSR count). The Labute approximate surface area is 259 Å². The second-order valence-corrected chi connectivity index (χ2v) is 10.8. The van der Waals surface area contributed by atoms with Gasteiger partial charge in [-0.2, -0.15) is 0 Å². The molecule has 2 aliphatic rings. The lowest BCUT2D eigenvalue weighted by Gasteiger charge is -2.38.